The van der Waals surface area contributed by atoms with Crippen LogP contribution >= 0.6 is 0 Å². The molecule has 0 aliphatic rings. The number of benzene rings is 6. The van der Waals surface area contributed by atoms with E-state index in [4.69, 9.17) is 15.4 Å². The van der Waals surface area contributed by atoms with Gasteiger partial charge in [0.2, 0.25) is 0 Å². The Hall–Kier alpha value is -5.62. The van der Waals surface area contributed by atoms with E-state index in [1.807, 2.05) is 54.6 Å². The molecule has 0 saturated carbocycles. The second kappa shape index (κ2) is 15.5. The zero-order chi connectivity index (χ0) is 45.1. The Morgan fingerprint density at radius 1 is 0.732 bits per heavy atom. The molecular weight excluding hydrogens is 882 g/mol. The summed E-state index contributed by atoms with van der Waals surface area (Å²) in [7, 11) is 0. The maximum atomic E-state index is 13.7. The van der Waals surface area contributed by atoms with Crippen molar-refractivity contribution < 1.29 is 48.7 Å². The average Bonchev–Trinajstić information content (AvgIpc) is 3.62. The number of pyridine rings is 2. The van der Waals surface area contributed by atoms with Gasteiger partial charge in [0.25, 0.3) is 0 Å². The minimum Gasteiger partial charge on any atom is -0.501 e. The fourth-order valence-electron chi connectivity index (χ4n) is 6.56. The summed E-state index contributed by atoms with van der Waals surface area (Å²) >= 11 is 0. The van der Waals surface area contributed by atoms with Gasteiger partial charge in [-0.15, -0.1) is 47.5 Å². The van der Waals surface area contributed by atoms with Gasteiger partial charge < -0.3 is 14.4 Å². The van der Waals surface area contributed by atoms with Crippen LogP contribution < -0.4 is 0 Å². The molecule has 0 bridgehead atoms. The van der Waals surface area contributed by atoms with Crippen molar-refractivity contribution in [2.75, 3.05) is 0 Å². The normalized spacial score (nSPS) is 14.6. The van der Waals surface area contributed by atoms with E-state index < -0.39 is 31.7 Å². The summed E-state index contributed by atoms with van der Waals surface area (Å²) in [6.07, 6.45) is -4.79. The van der Waals surface area contributed by atoms with Crippen LogP contribution in [0.15, 0.2) is 144 Å². The Morgan fingerprint density at radius 2 is 1.54 bits per heavy atom. The number of alkyl halides is 3. The van der Waals surface area contributed by atoms with E-state index in [2.05, 4.69) is 52.4 Å². The van der Waals surface area contributed by atoms with Gasteiger partial charge in [-0.25, -0.2) is 0 Å². The van der Waals surface area contributed by atoms with E-state index in [0.717, 1.165) is 51.7 Å². The Bertz CT molecular complexity index is 3150. The van der Waals surface area contributed by atoms with Crippen LogP contribution in [0.5, 0.6) is 0 Å². The van der Waals surface area contributed by atoms with E-state index in [0.29, 0.717) is 39.2 Å². The molecule has 0 amide bonds. The first-order valence-electron chi connectivity index (χ1n) is 21.5. The van der Waals surface area contributed by atoms with E-state index in [1.54, 1.807) is 18.2 Å². The molecule has 0 saturated heterocycles. The molecule has 281 valence electrons. The van der Waals surface area contributed by atoms with E-state index in [1.165, 1.54) is 36.7 Å². The second-order valence-corrected chi connectivity index (χ2v) is 13.7. The van der Waals surface area contributed by atoms with Gasteiger partial charge in [-0.2, -0.15) is 13.2 Å². The van der Waals surface area contributed by atoms with Gasteiger partial charge in [0.1, 0.15) is 5.58 Å². The fraction of sp³-hybridized carbons (Fsp3) is 0.143. The summed E-state index contributed by atoms with van der Waals surface area (Å²) in [4.78, 5) is 8.55. The largest absolute Gasteiger partial charge is 0.501 e. The minimum atomic E-state index is -4.74. The van der Waals surface area contributed by atoms with Crippen molar-refractivity contribution in [2.45, 2.75) is 40.1 Å². The first kappa shape index (κ1) is 29.6. The number of furan rings is 1. The van der Waals surface area contributed by atoms with Crippen molar-refractivity contribution >= 4 is 43.5 Å². The molecule has 0 aliphatic heterocycles. The van der Waals surface area contributed by atoms with Crippen molar-refractivity contribution in [1.29, 1.82) is 0 Å². The fourth-order valence-corrected chi connectivity index (χ4v) is 6.56. The number of fused-ring (bicyclic) bond motifs is 6. The van der Waals surface area contributed by atoms with Crippen molar-refractivity contribution in [1.82, 2.24) is 9.97 Å². The molecular formula is C49H37F3IrN2O-2. The van der Waals surface area contributed by atoms with Gasteiger partial charge in [-0.3, -0.25) is 0 Å². The molecule has 3 heterocycles. The second-order valence-electron chi connectivity index (χ2n) is 13.7. The number of halogens is 3. The van der Waals surface area contributed by atoms with Crippen molar-refractivity contribution in [3.8, 4) is 33.6 Å². The quantitative estimate of drug-likeness (QED) is 0.128. The number of nitrogens with zero attached hydrogens (tertiary/aromatic N) is 2. The molecule has 1 radical (unpaired) electrons. The van der Waals surface area contributed by atoms with Gasteiger partial charge in [0.05, 0.1) is 11.0 Å². The van der Waals surface area contributed by atoms with Crippen LogP contribution in [0.3, 0.4) is 0 Å². The summed E-state index contributed by atoms with van der Waals surface area (Å²) in [5, 5.41) is 6.07. The SMILES string of the molecule is [2H]C([2H])([2H])c1ccc(-c2[c-]cc(C([2H])([2H])[2H])c(-c3ccccc3)c2)nc1.[2H]C([2H])(c1ccnc(-c2[c-]ccc3c2oc2cc4c(ccc5ccccc54)cc23)c1)C(C)(C)C(F)(F)F.[Ir]. The van der Waals surface area contributed by atoms with Crippen LogP contribution in [-0.2, 0) is 26.5 Å². The zero-order valence-corrected chi connectivity index (χ0v) is 32.4. The summed E-state index contributed by atoms with van der Waals surface area (Å²) in [5.41, 5.74) is 2.08. The standard InChI is InChI=1S/C30H21F3NO.C19H16N.Ir/c1-29(2,30(31,32)33)17-18-12-13-34-26(14-18)23-9-5-8-22-25-15-20-11-10-19-6-3-4-7-21(19)24(20)16-27(25)35-28(22)23;1-14-8-11-19(20-13-14)17-10-9-15(2)18(12-17)16-6-4-3-5-7-16;/h3-8,10-16H,17H2,1-2H3;3-9,11-13H,1-2H3;/q2*-1;/i17D2;1D3,2D3;. The third-order valence-corrected chi connectivity index (χ3v) is 9.55. The molecule has 0 aliphatic carbocycles. The topological polar surface area (TPSA) is 38.9 Å². The molecule has 9 rings (SSSR count). The van der Waals surface area contributed by atoms with E-state index in [-0.39, 0.29) is 36.8 Å². The number of rotatable bonds is 5. The third-order valence-electron chi connectivity index (χ3n) is 9.55. The average molecular weight is 927 g/mol. The third kappa shape index (κ3) is 7.62. The molecule has 0 N–H and O–H groups in total. The van der Waals surface area contributed by atoms with E-state index >= 15 is 0 Å². The Balaban J connectivity index is 0.000000201. The molecule has 56 heavy (non-hydrogen) atoms. The van der Waals surface area contributed by atoms with Gasteiger partial charge in [0, 0.05) is 48.9 Å². The van der Waals surface area contributed by atoms with Crippen LogP contribution in [-0.4, -0.2) is 16.1 Å². The molecule has 0 fully saturated rings. The summed E-state index contributed by atoms with van der Waals surface area (Å²) in [6, 6.07) is 44.2. The molecule has 3 aromatic heterocycles. The molecule has 9 aromatic rings. The van der Waals surface area contributed by atoms with E-state index in [9.17, 15) is 13.2 Å². The van der Waals surface area contributed by atoms with Gasteiger partial charge in [0.15, 0.2) is 0 Å². The maximum absolute atomic E-state index is 13.7. The first-order valence-corrected chi connectivity index (χ1v) is 17.5. The number of aryl methyl sites for hydroxylation is 2. The zero-order valence-electron chi connectivity index (χ0n) is 38.0. The van der Waals surface area contributed by atoms with Gasteiger partial charge in [-0.05, 0) is 75.5 Å². The van der Waals surface area contributed by atoms with Crippen molar-refractivity contribution in [3.63, 3.8) is 0 Å². The Morgan fingerprint density at radius 3 is 2.30 bits per heavy atom. The summed E-state index contributed by atoms with van der Waals surface area (Å²) < 4.78 is 110. The predicted octanol–water partition coefficient (Wildman–Crippen LogP) is 13.7. The van der Waals surface area contributed by atoms with Crippen LogP contribution in [0, 0.1) is 31.3 Å². The van der Waals surface area contributed by atoms with Crippen LogP contribution in [0.1, 0.15) is 41.5 Å². The minimum absolute atomic E-state index is 0. The first-order chi connectivity index (χ1) is 29.6. The molecule has 3 nitrogen and oxygen atoms in total. The van der Waals surface area contributed by atoms with Gasteiger partial charge >= 0.3 is 6.18 Å². The maximum Gasteiger partial charge on any atom is 0.394 e. The van der Waals surface area contributed by atoms with Crippen molar-refractivity contribution in [3.05, 3.63) is 169 Å². The monoisotopic (exact) mass is 927 g/mol. The smallest absolute Gasteiger partial charge is 0.394 e. The van der Waals surface area contributed by atoms with Crippen LogP contribution in [0.25, 0.3) is 77.1 Å². The molecule has 0 unspecified atom stereocenters. The van der Waals surface area contributed by atoms with Gasteiger partial charge in [-0.1, -0.05) is 128 Å². The molecule has 0 spiro atoms. The predicted molar refractivity (Wildman–Crippen MR) is 218 cm³/mol. The Labute approximate surface area is 348 Å². The molecule has 7 heteroatoms. The number of hydrogen-bond donors (Lipinski definition) is 0. The van der Waals surface area contributed by atoms with Crippen LogP contribution in [0.4, 0.5) is 13.2 Å². The summed E-state index contributed by atoms with van der Waals surface area (Å²) in [6.45, 7) is -2.74. The number of aromatic nitrogens is 2. The van der Waals surface area contributed by atoms with Crippen LogP contribution in [0.2, 0.25) is 0 Å². The molecule has 0 atom stereocenters. The molecule has 6 aromatic carbocycles. The van der Waals surface area contributed by atoms with Crippen molar-refractivity contribution in [2.24, 2.45) is 5.41 Å². The Kier molecular flexibility index (Phi) is 8.20. The number of hydrogen-bond acceptors (Lipinski definition) is 3. The summed E-state index contributed by atoms with van der Waals surface area (Å²) in [5.74, 6) is 0.